The molecule has 0 saturated heterocycles. The van der Waals surface area contributed by atoms with Crippen molar-refractivity contribution in [3.63, 3.8) is 0 Å². The van der Waals surface area contributed by atoms with Crippen LogP contribution in [0, 0.1) is 0 Å². The van der Waals surface area contributed by atoms with Gasteiger partial charge in [0.2, 0.25) is 0 Å². The lowest BCUT2D eigenvalue weighted by Crippen LogP contribution is -2.48. The summed E-state index contributed by atoms with van der Waals surface area (Å²) in [5.74, 6) is -1.03. The summed E-state index contributed by atoms with van der Waals surface area (Å²) >= 11 is 0. The number of nitrogens with one attached hydrogen (secondary N) is 2. The van der Waals surface area contributed by atoms with Gasteiger partial charge in [-0.05, 0) is 25.6 Å². The fourth-order valence-electron chi connectivity index (χ4n) is 1.90. The van der Waals surface area contributed by atoms with Crippen molar-refractivity contribution in [2.75, 3.05) is 27.2 Å². The topological polar surface area (TPSA) is 81.7 Å². The number of amides is 2. The van der Waals surface area contributed by atoms with Crippen molar-refractivity contribution in [3.8, 4) is 0 Å². The number of rotatable bonds is 8. The molecular formula is C15H23N3O3. The van der Waals surface area contributed by atoms with Crippen LogP contribution in [0.2, 0.25) is 0 Å². The van der Waals surface area contributed by atoms with Crippen molar-refractivity contribution in [1.29, 1.82) is 0 Å². The molecule has 0 bridgehead atoms. The molecular weight excluding hydrogens is 270 g/mol. The van der Waals surface area contributed by atoms with E-state index in [-0.39, 0.29) is 12.5 Å². The number of carbonyl (C=O) groups is 2. The van der Waals surface area contributed by atoms with Crippen LogP contribution in [0.1, 0.15) is 12.0 Å². The first-order valence-electron chi connectivity index (χ1n) is 6.97. The van der Waals surface area contributed by atoms with Crippen molar-refractivity contribution in [3.05, 3.63) is 35.9 Å². The molecule has 0 unspecified atom stereocenters. The highest BCUT2D eigenvalue weighted by molar-refractivity contribution is 5.82. The monoisotopic (exact) mass is 293 g/mol. The van der Waals surface area contributed by atoms with Gasteiger partial charge in [-0.15, -0.1) is 0 Å². The predicted octanol–water partition coefficient (Wildman–Crippen LogP) is 0.933. The summed E-state index contributed by atoms with van der Waals surface area (Å²) in [6, 6.07) is 7.96. The van der Waals surface area contributed by atoms with E-state index in [4.69, 9.17) is 0 Å². The molecule has 0 aliphatic heterocycles. The number of hydrogen-bond acceptors (Lipinski definition) is 3. The Morgan fingerprint density at radius 2 is 1.95 bits per heavy atom. The molecule has 0 saturated carbocycles. The molecule has 0 fully saturated rings. The van der Waals surface area contributed by atoms with Crippen LogP contribution in [0.25, 0.3) is 0 Å². The van der Waals surface area contributed by atoms with Crippen molar-refractivity contribution in [1.82, 2.24) is 15.5 Å². The molecule has 1 atom stereocenters. The molecule has 0 heterocycles. The molecule has 3 N–H and O–H groups in total. The van der Waals surface area contributed by atoms with Crippen molar-refractivity contribution < 1.29 is 14.7 Å². The Bertz CT molecular complexity index is 451. The van der Waals surface area contributed by atoms with Crippen LogP contribution in [0.15, 0.2) is 30.3 Å². The van der Waals surface area contributed by atoms with Crippen molar-refractivity contribution in [2.24, 2.45) is 0 Å². The van der Waals surface area contributed by atoms with Gasteiger partial charge < -0.3 is 20.6 Å². The third-order valence-corrected chi connectivity index (χ3v) is 3.15. The lowest BCUT2D eigenvalue weighted by atomic mass is 10.1. The molecule has 1 rings (SSSR count). The van der Waals surface area contributed by atoms with Crippen LogP contribution in [0.5, 0.6) is 0 Å². The maximum Gasteiger partial charge on any atom is 0.326 e. The SMILES string of the molecule is CNCCCN(C)C(=O)N[C@H](Cc1ccccc1)C(=O)O. The molecule has 0 radical (unpaired) electrons. The average molecular weight is 293 g/mol. The van der Waals surface area contributed by atoms with E-state index in [2.05, 4.69) is 10.6 Å². The molecule has 21 heavy (non-hydrogen) atoms. The van der Waals surface area contributed by atoms with Gasteiger partial charge in [0.15, 0.2) is 0 Å². The van der Waals surface area contributed by atoms with E-state index in [1.807, 2.05) is 37.4 Å². The average Bonchev–Trinajstić information content (AvgIpc) is 2.47. The van der Waals surface area contributed by atoms with E-state index >= 15 is 0 Å². The van der Waals surface area contributed by atoms with Gasteiger partial charge in [0, 0.05) is 20.0 Å². The zero-order chi connectivity index (χ0) is 15.7. The Labute approximate surface area is 125 Å². The minimum Gasteiger partial charge on any atom is -0.480 e. The summed E-state index contributed by atoms with van der Waals surface area (Å²) in [4.78, 5) is 24.8. The maximum absolute atomic E-state index is 12.0. The quantitative estimate of drug-likeness (QED) is 0.623. The van der Waals surface area contributed by atoms with E-state index in [1.54, 1.807) is 7.05 Å². The van der Waals surface area contributed by atoms with Crippen LogP contribution in [-0.2, 0) is 11.2 Å². The summed E-state index contributed by atoms with van der Waals surface area (Å²) in [7, 11) is 3.51. The summed E-state index contributed by atoms with van der Waals surface area (Å²) < 4.78 is 0. The number of carboxylic acid groups (broad SMARTS) is 1. The molecule has 0 aromatic heterocycles. The normalized spacial score (nSPS) is 11.7. The molecule has 1 aromatic carbocycles. The molecule has 2 amide bonds. The lowest BCUT2D eigenvalue weighted by Gasteiger charge is -2.21. The Balaban J connectivity index is 2.54. The highest BCUT2D eigenvalue weighted by Crippen LogP contribution is 2.04. The summed E-state index contributed by atoms with van der Waals surface area (Å²) in [5.41, 5.74) is 0.878. The van der Waals surface area contributed by atoms with E-state index in [1.165, 1.54) is 4.90 Å². The predicted molar refractivity (Wildman–Crippen MR) is 81.3 cm³/mol. The molecule has 6 nitrogen and oxygen atoms in total. The number of carbonyl (C=O) groups excluding carboxylic acids is 1. The largest absolute Gasteiger partial charge is 0.480 e. The Morgan fingerprint density at radius 3 is 2.52 bits per heavy atom. The van der Waals surface area contributed by atoms with E-state index < -0.39 is 12.0 Å². The number of hydrogen-bond donors (Lipinski definition) is 3. The number of carboxylic acids is 1. The van der Waals surface area contributed by atoms with Crippen molar-refractivity contribution >= 4 is 12.0 Å². The first-order chi connectivity index (χ1) is 10.0. The fraction of sp³-hybridized carbons (Fsp3) is 0.467. The first-order valence-corrected chi connectivity index (χ1v) is 6.97. The minimum atomic E-state index is -1.03. The molecule has 0 spiro atoms. The number of aliphatic carboxylic acids is 1. The zero-order valence-corrected chi connectivity index (χ0v) is 12.5. The Kier molecular flexibility index (Phi) is 7.25. The van der Waals surface area contributed by atoms with E-state index in [0.717, 1.165) is 18.5 Å². The second-order valence-electron chi connectivity index (χ2n) is 4.91. The third-order valence-electron chi connectivity index (χ3n) is 3.15. The summed E-state index contributed by atoms with van der Waals surface area (Å²) in [6.07, 6.45) is 1.09. The number of nitrogens with zero attached hydrogens (tertiary/aromatic N) is 1. The van der Waals surface area contributed by atoms with Crippen molar-refractivity contribution in [2.45, 2.75) is 18.9 Å². The van der Waals surface area contributed by atoms with Crippen LogP contribution in [0.4, 0.5) is 4.79 Å². The minimum absolute atomic E-state index is 0.270. The van der Waals surface area contributed by atoms with Gasteiger partial charge in [-0.3, -0.25) is 0 Å². The summed E-state index contributed by atoms with van der Waals surface area (Å²) in [6.45, 7) is 1.38. The van der Waals surface area contributed by atoms with Gasteiger partial charge in [0.25, 0.3) is 0 Å². The van der Waals surface area contributed by atoms with Gasteiger partial charge >= 0.3 is 12.0 Å². The van der Waals surface area contributed by atoms with Crippen LogP contribution in [-0.4, -0.2) is 55.2 Å². The lowest BCUT2D eigenvalue weighted by molar-refractivity contribution is -0.139. The maximum atomic E-state index is 12.0. The number of benzene rings is 1. The Morgan fingerprint density at radius 1 is 1.29 bits per heavy atom. The zero-order valence-electron chi connectivity index (χ0n) is 12.5. The first kappa shape index (κ1) is 17.0. The fourth-order valence-corrected chi connectivity index (χ4v) is 1.90. The third kappa shape index (κ3) is 6.27. The van der Waals surface area contributed by atoms with Gasteiger partial charge in [-0.25, -0.2) is 9.59 Å². The van der Waals surface area contributed by atoms with Gasteiger partial charge in [0.1, 0.15) is 6.04 Å². The Hall–Kier alpha value is -2.08. The molecule has 0 aliphatic rings. The van der Waals surface area contributed by atoms with Crippen LogP contribution >= 0.6 is 0 Å². The van der Waals surface area contributed by atoms with Gasteiger partial charge in [-0.1, -0.05) is 30.3 Å². The highest BCUT2D eigenvalue weighted by Gasteiger charge is 2.21. The highest BCUT2D eigenvalue weighted by atomic mass is 16.4. The van der Waals surface area contributed by atoms with Gasteiger partial charge in [-0.2, -0.15) is 0 Å². The smallest absolute Gasteiger partial charge is 0.326 e. The van der Waals surface area contributed by atoms with Crippen LogP contribution < -0.4 is 10.6 Å². The second-order valence-corrected chi connectivity index (χ2v) is 4.91. The summed E-state index contributed by atoms with van der Waals surface area (Å²) in [5, 5.41) is 14.8. The standard InChI is InChI=1S/C15H23N3O3/c1-16-9-6-10-18(2)15(21)17-13(14(19)20)11-12-7-4-3-5-8-12/h3-5,7-8,13,16H,6,9-11H2,1-2H3,(H,17,21)(H,19,20)/t13-/m1/s1. The molecule has 0 aliphatic carbocycles. The van der Waals surface area contributed by atoms with Gasteiger partial charge in [0.05, 0.1) is 0 Å². The van der Waals surface area contributed by atoms with E-state index in [0.29, 0.717) is 6.54 Å². The number of urea groups is 1. The van der Waals surface area contributed by atoms with E-state index in [9.17, 15) is 14.7 Å². The van der Waals surface area contributed by atoms with Crippen LogP contribution in [0.3, 0.4) is 0 Å². The molecule has 1 aromatic rings. The molecule has 116 valence electrons. The molecule has 6 heteroatoms. The second kappa shape index (κ2) is 8.97.